The van der Waals surface area contributed by atoms with Crippen LogP contribution < -0.4 is 27.8 Å². The number of primary amides is 2. The number of hydrogen-bond acceptors (Lipinski definition) is 6. The molecule has 0 aromatic heterocycles. The molecular formula is C17H23N5O6. The maximum Gasteiger partial charge on any atom is 0.337 e. The predicted octanol–water partition coefficient (Wildman–Crippen LogP) is -1.33. The Morgan fingerprint density at radius 3 is 2.07 bits per heavy atom. The van der Waals surface area contributed by atoms with Crippen molar-refractivity contribution in [3.8, 4) is 0 Å². The van der Waals surface area contributed by atoms with Gasteiger partial charge in [-0.3, -0.25) is 19.2 Å². The monoisotopic (exact) mass is 393 g/mol. The Kier molecular flexibility index (Phi) is 8.56. The Morgan fingerprint density at radius 2 is 1.50 bits per heavy atom. The number of nitrogens with one attached hydrogen (secondary N) is 2. The first-order chi connectivity index (χ1) is 13.1. The molecule has 1 aromatic carbocycles. The molecule has 152 valence electrons. The smallest absolute Gasteiger partial charge is 0.337 e. The number of carboxylic acid groups (broad SMARTS) is 1. The topological polar surface area (TPSA) is 208 Å². The lowest BCUT2D eigenvalue weighted by atomic mass is 10.1. The quantitative estimate of drug-likeness (QED) is 0.266. The first-order valence-electron chi connectivity index (χ1n) is 8.37. The molecule has 4 amide bonds. The molecule has 9 N–H and O–H groups in total. The highest BCUT2D eigenvalue weighted by atomic mass is 16.4. The van der Waals surface area contributed by atoms with Crippen molar-refractivity contribution in [2.45, 2.75) is 37.8 Å². The number of hydrogen-bond donors (Lipinski definition) is 6. The van der Waals surface area contributed by atoms with Gasteiger partial charge in [-0.15, -0.1) is 0 Å². The van der Waals surface area contributed by atoms with Crippen LogP contribution in [0.4, 0.5) is 5.69 Å². The number of para-hydroxylation sites is 1. The van der Waals surface area contributed by atoms with Crippen LogP contribution in [0.1, 0.15) is 36.0 Å². The van der Waals surface area contributed by atoms with Gasteiger partial charge in [0, 0.05) is 12.8 Å². The van der Waals surface area contributed by atoms with E-state index in [-0.39, 0.29) is 36.9 Å². The summed E-state index contributed by atoms with van der Waals surface area (Å²) in [6, 6.07) is 3.41. The van der Waals surface area contributed by atoms with E-state index in [1.165, 1.54) is 24.3 Å². The number of carbonyl (C=O) groups is 5. The van der Waals surface area contributed by atoms with Crippen molar-refractivity contribution < 1.29 is 29.1 Å². The molecule has 0 radical (unpaired) electrons. The van der Waals surface area contributed by atoms with Crippen LogP contribution in [0.2, 0.25) is 0 Å². The van der Waals surface area contributed by atoms with Crippen molar-refractivity contribution in [2.75, 3.05) is 5.32 Å². The molecule has 1 rings (SSSR count). The van der Waals surface area contributed by atoms with Crippen LogP contribution in [0.25, 0.3) is 0 Å². The standard InChI is InChI=1S/C17H23N5O6/c18-10(5-7-13(19)23)15(25)22-12(6-8-14(20)24)16(26)21-11-4-2-1-3-9(11)17(27)28/h1-4,10,12H,5-8,18H2,(H2,19,23)(H2,20,24)(H,21,26)(H,22,25)(H,27,28). The molecule has 0 spiro atoms. The summed E-state index contributed by atoms with van der Waals surface area (Å²) in [5, 5.41) is 14.0. The van der Waals surface area contributed by atoms with Gasteiger partial charge in [-0.25, -0.2) is 4.79 Å². The van der Waals surface area contributed by atoms with Crippen molar-refractivity contribution in [3.05, 3.63) is 29.8 Å². The second-order valence-electron chi connectivity index (χ2n) is 6.02. The van der Waals surface area contributed by atoms with Gasteiger partial charge in [0.05, 0.1) is 17.3 Å². The average Bonchev–Trinajstić information content (AvgIpc) is 2.62. The van der Waals surface area contributed by atoms with Gasteiger partial charge in [0.15, 0.2) is 0 Å². The van der Waals surface area contributed by atoms with Crippen molar-refractivity contribution >= 4 is 35.3 Å². The second-order valence-corrected chi connectivity index (χ2v) is 6.02. The third kappa shape index (κ3) is 7.41. The van der Waals surface area contributed by atoms with Crippen molar-refractivity contribution in [2.24, 2.45) is 17.2 Å². The number of amides is 4. The number of aromatic carboxylic acids is 1. The van der Waals surface area contributed by atoms with Crippen LogP contribution in [0.5, 0.6) is 0 Å². The summed E-state index contributed by atoms with van der Waals surface area (Å²) in [7, 11) is 0. The fourth-order valence-electron chi connectivity index (χ4n) is 2.26. The van der Waals surface area contributed by atoms with E-state index >= 15 is 0 Å². The molecule has 0 aliphatic rings. The summed E-state index contributed by atoms with van der Waals surface area (Å²) in [6.07, 6.45) is -0.452. The molecule has 0 bridgehead atoms. The minimum Gasteiger partial charge on any atom is -0.478 e. The number of rotatable bonds is 11. The number of carboxylic acids is 1. The van der Waals surface area contributed by atoms with Gasteiger partial charge >= 0.3 is 5.97 Å². The molecule has 0 fully saturated rings. The molecule has 28 heavy (non-hydrogen) atoms. The lowest BCUT2D eigenvalue weighted by Gasteiger charge is -2.20. The van der Waals surface area contributed by atoms with Gasteiger partial charge in [-0.1, -0.05) is 12.1 Å². The number of anilines is 1. The molecule has 0 aliphatic heterocycles. The highest BCUT2D eigenvalue weighted by molar-refractivity contribution is 6.03. The normalized spacial score (nSPS) is 12.5. The lowest BCUT2D eigenvalue weighted by Crippen LogP contribution is -2.50. The maximum absolute atomic E-state index is 12.5. The van der Waals surface area contributed by atoms with Crippen LogP contribution in [-0.2, 0) is 19.2 Å². The maximum atomic E-state index is 12.5. The van der Waals surface area contributed by atoms with Crippen LogP contribution in [-0.4, -0.2) is 46.8 Å². The van der Waals surface area contributed by atoms with Gasteiger partial charge in [-0.05, 0) is 25.0 Å². The molecule has 0 aliphatic carbocycles. The molecule has 1 aromatic rings. The third-order valence-corrected chi connectivity index (χ3v) is 3.77. The highest BCUT2D eigenvalue weighted by Crippen LogP contribution is 2.16. The van der Waals surface area contributed by atoms with Crippen LogP contribution in [0, 0.1) is 0 Å². The molecule has 11 heteroatoms. The Balaban J connectivity index is 2.89. The fourth-order valence-corrected chi connectivity index (χ4v) is 2.26. The number of benzene rings is 1. The predicted molar refractivity (Wildman–Crippen MR) is 98.8 cm³/mol. The Bertz CT molecular complexity index is 766. The van der Waals surface area contributed by atoms with Crippen molar-refractivity contribution in [3.63, 3.8) is 0 Å². The van der Waals surface area contributed by atoms with E-state index in [9.17, 15) is 29.1 Å². The van der Waals surface area contributed by atoms with Crippen LogP contribution in [0.3, 0.4) is 0 Å². The van der Waals surface area contributed by atoms with Gasteiger partial charge in [-0.2, -0.15) is 0 Å². The summed E-state index contributed by atoms with van der Waals surface area (Å²) in [5.74, 6) is -4.03. The SMILES string of the molecule is NC(=O)CCC(N)C(=O)NC(CCC(N)=O)C(=O)Nc1ccccc1C(=O)O. The molecule has 0 heterocycles. The third-order valence-electron chi connectivity index (χ3n) is 3.77. The average molecular weight is 393 g/mol. The van der Waals surface area contributed by atoms with Gasteiger partial charge in [0.1, 0.15) is 6.04 Å². The minimum atomic E-state index is -1.25. The molecule has 0 saturated carbocycles. The second kappa shape index (κ2) is 10.6. The zero-order chi connectivity index (χ0) is 21.3. The Morgan fingerprint density at radius 1 is 0.929 bits per heavy atom. The van der Waals surface area contributed by atoms with E-state index in [0.29, 0.717) is 0 Å². The van der Waals surface area contributed by atoms with Crippen molar-refractivity contribution in [1.29, 1.82) is 0 Å². The summed E-state index contributed by atoms with van der Waals surface area (Å²) < 4.78 is 0. The zero-order valence-corrected chi connectivity index (χ0v) is 15.0. The van der Waals surface area contributed by atoms with E-state index in [2.05, 4.69) is 10.6 Å². The van der Waals surface area contributed by atoms with E-state index in [0.717, 1.165) is 0 Å². The van der Waals surface area contributed by atoms with Gasteiger partial charge in [0.2, 0.25) is 23.6 Å². The molecule has 0 saturated heterocycles. The number of carbonyl (C=O) groups excluding carboxylic acids is 4. The molecule has 2 unspecified atom stereocenters. The van der Waals surface area contributed by atoms with E-state index in [1.54, 1.807) is 0 Å². The number of nitrogens with two attached hydrogens (primary N) is 3. The van der Waals surface area contributed by atoms with Gasteiger partial charge in [0.25, 0.3) is 0 Å². The Labute approximate surface area is 160 Å². The van der Waals surface area contributed by atoms with Crippen LogP contribution in [0.15, 0.2) is 24.3 Å². The Hall–Kier alpha value is -3.47. The first kappa shape index (κ1) is 22.6. The summed E-state index contributed by atoms with van der Waals surface area (Å²) in [6.45, 7) is 0. The molecule has 2 atom stereocenters. The van der Waals surface area contributed by atoms with E-state index < -0.39 is 41.7 Å². The lowest BCUT2D eigenvalue weighted by molar-refractivity contribution is -0.128. The zero-order valence-electron chi connectivity index (χ0n) is 15.0. The molecule has 11 nitrogen and oxygen atoms in total. The highest BCUT2D eigenvalue weighted by Gasteiger charge is 2.25. The first-order valence-corrected chi connectivity index (χ1v) is 8.37. The summed E-state index contributed by atoms with van der Waals surface area (Å²) >= 11 is 0. The largest absolute Gasteiger partial charge is 0.478 e. The van der Waals surface area contributed by atoms with Crippen LogP contribution >= 0.6 is 0 Å². The fraction of sp³-hybridized carbons (Fsp3) is 0.353. The molecular weight excluding hydrogens is 370 g/mol. The summed E-state index contributed by atoms with van der Waals surface area (Å²) in [5.41, 5.74) is 15.6. The van der Waals surface area contributed by atoms with E-state index in [1.807, 2.05) is 0 Å². The van der Waals surface area contributed by atoms with Crippen molar-refractivity contribution in [1.82, 2.24) is 5.32 Å². The van der Waals surface area contributed by atoms with E-state index in [4.69, 9.17) is 17.2 Å². The van der Waals surface area contributed by atoms with Gasteiger partial charge < -0.3 is 32.9 Å². The minimum absolute atomic E-state index is 0.0207. The summed E-state index contributed by atoms with van der Waals surface area (Å²) in [4.78, 5) is 57.8.